The number of carbonyl (C=O) groups is 1. The monoisotopic (exact) mass is 282 g/mol. The molecule has 3 nitrogen and oxygen atoms in total. The molecule has 3 heteroatoms. The number of ether oxygens (including phenoxy) is 1. The van der Waals surface area contributed by atoms with Crippen molar-refractivity contribution in [3.63, 3.8) is 0 Å². The molecule has 1 atom stereocenters. The van der Waals surface area contributed by atoms with Crippen molar-refractivity contribution in [1.82, 2.24) is 0 Å². The Balaban J connectivity index is 2.11. The highest BCUT2D eigenvalue weighted by Gasteiger charge is 2.32. The summed E-state index contributed by atoms with van der Waals surface area (Å²) in [5, 5.41) is 9.48. The van der Waals surface area contributed by atoms with Crippen molar-refractivity contribution in [2.24, 2.45) is 0 Å². The molecular weight excluding hydrogens is 264 g/mol. The van der Waals surface area contributed by atoms with Crippen molar-refractivity contribution in [2.75, 3.05) is 13.2 Å². The molecule has 2 aromatic carbocycles. The van der Waals surface area contributed by atoms with Crippen LogP contribution in [0.1, 0.15) is 40.7 Å². The lowest BCUT2D eigenvalue weighted by Gasteiger charge is -2.15. The fourth-order valence-corrected chi connectivity index (χ4v) is 3.08. The molecular formula is C18H18O3. The van der Waals surface area contributed by atoms with Gasteiger partial charge in [-0.25, -0.2) is 4.79 Å². The van der Waals surface area contributed by atoms with E-state index in [0.717, 1.165) is 28.7 Å². The average molecular weight is 282 g/mol. The summed E-state index contributed by atoms with van der Waals surface area (Å²) < 4.78 is 5.72. The van der Waals surface area contributed by atoms with Crippen molar-refractivity contribution in [2.45, 2.75) is 19.3 Å². The Morgan fingerprint density at radius 1 is 1.14 bits per heavy atom. The van der Waals surface area contributed by atoms with Crippen molar-refractivity contribution in [3.8, 4) is 11.1 Å². The molecule has 21 heavy (non-hydrogen) atoms. The lowest BCUT2D eigenvalue weighted by atomic mass is 9.93. The Bertz CT molecular complexity index is 676. The fourth-order valence-electron chi connectivity index (χ4n) is 3.08. The Hall–Kier alpha value is -2.13. The maximum absolute atomic E-state index is 11.5. The lowest BCUT2D eigenvalue weighted by Crippen LogP contribution is -2.11. The number of aromatic carboxylic acids is 1. The van der Waals surface area contributed by atoms with E-state index < -0.39 is 5.97 Å². The molecule has 0 radical (unpaired) electrons. The van der Waals surface area contributed by atoms with Crippen molar-refractivity contribution in [3.05, 3.63) is 59.2 Å². The zero-order chi connectivity index (χ0) is 14.8. The topological polar surface area (TPSA) is 46.5 Å². The zero-order valence-electron chi connectivity index (χ0n) is 12.0. The largest absolute Gasteiger partial charge is 0.478 e. The van der Waals surface area contributed by atoms with Crippen LogP contribution in [0.15, 0.2) is 42.5 Å². The molecule has 3 rings (SSSR count). The lowest BCUT2D eigenvalue weighted by molar-refractivity contribution is 0.0694. The van der Waals surface area contributed by atoms with Crippen LogP contribution in [0.3, 0.4) is 0 Å². The molecule has 0 aliphatic heterocycles. The first-order valence-electron chi connectivity index (χ1n) is 7.27. The van der Waals surface area contributed by atoms with Crippen LogP contribution in [0.4, 0.5) is 0 Å². The molecule has 1 N–H and O–H groups in total. The zero-order valence-corrected chi connectivity index (χ0v) is 12.0. The Morgan fingerprint density at radius 3 is 2.67 bits per heavy atom. The van der Waals surface area contributed by atoms with Crippen molar-refractivity contribution >= 4 is 5.97 Å². The number of carboxylic acid groups (broad SMARTS) is 1. The molecule has 1 aliphatic rings. The number of hydrogen-bond acceptors (Lipinski definition) is 2. The van der Waals surface area contributed by atoms with Gasteiger partial charge < -0.3 is 9.84 Å². The van der Waals surface area contributed by atoms with E-state index in [1.165, 1.54) is 0 Å². The highest BCUT2D eigenvalue weighted by molar-refractivity contribution is 5.95. The number of hydrogen-bond donors (Lipinski definition) is 1. The Kier molecular flexibility index (Phi) is 3.76. The van der Waals surface area contributed by atoms with Crippen LogP contribution < -0.4 is 0 Å². The van der Waals surface area contributed by atoms with E-state index in [0.29, 0.717) is 18.8 Å². The SMILES string of the molecule is CCCOCC1c2ccccc2-c2cccc(C(=O)O)c21. The second-order valence-electron chi connectivity index (χ2n) is 5.29. The molecule has 0 fully saturated rings. The van der Waals surface area contributed by atoms with E-state index >= 15 is 0 Å². The van der Waals surface area contributed by atoms with Crippen LogP contribution in [0, 0.1) is 0 Å². The molecule has 1 unspecified atom stereocenters. The number of fused-ring (bicyclic) bond motifs is 3. The Morgan fingerprint density at radius 2 is 1.90 bits per heavy atom. The molecule has 0 saturated carbocycles. The highest BCUT2D eigenvalue weighted by atomic mass is 16.5. The second-order valence-corrected chi connectivity index (χ2v) is 5.29. The van der Waals surface area contributed by atoms with E-state index in [1.807, 2.05) is 24.3 Å². The first kappa shape index (κ1) is 13.8. The van der Waals surface area contributed by atoms with Gasteiger partial charge >= 0.3 is 5.97 Å². The summed E-state index contributed by atoms with van der Waals surface area (Å²) in [5.41, 5.74) is 4.59. The van der Waals surface area contributed by atoms with Gasteiger partial charge in [0, 0.05) is 12.5 Å². The van der Waals surface area contributed by atoms with Crippen LogP contribution in [0.2, 0.25) is 0 Å². The second kappa shape index (κ2) is 5.70. The number of carboxylic acids is 1. The minimum absolute atomic E-state index is 0.00931. The van der Waals surface area contributed by atoms with Gasteiger partial charge in [0.2, 0.25) is 0 Å². The van der Waals surface area contributed by atoms with Gasteiger partial charge in [0.1, 0.15) is 0 Å². The molecule has 0 bridgehead atoms. The standard InChI is InChI=1S/C18H18O3/c1-2-10-21-11-16-13-7-4-3-6-12(13)14-8-5-9-15(17(14)16)18(19)20/h3-9,16H,2,10-11H2,1H3,(H,19,20). The van der Waals surface area contributed by atoms with Gasteiger partial charge in [-0.05, 0) is 34.7 Å². The predicted octanol–water partition coefficient (Wildman–Crippen LogP) is 3.92. The first-order valence-corrected chi connectivity index (χ1v) is 7.27. The van der Waals surface area contributed by atoms with Crippen LogP contribution >= 0.6 is 0 Å². The number of rotatable bonds is 5. The van der Waals surface area contributed by atoms with Crippen LogP contribution in [-0.4, -0.2) is 24.3 Å². The van der Waals surface area contributed by atoms with E-state index in [1.54, 1.807) is 6.07 Å². The third-order valence-electron chi connectivity index (χ3n) is 3.94. The van der Waals surface area contributed by atoms with Gasteiger partial charge in [0.05, 0.1) is 12.2 Å². The van der Waals surface area contributed by atoms with Crippen LogP contribution in [-0.2, 0) is 4.74 Å². The molecule has 0 aromatic heterocycles. The van der Waals surface area contributed by atoms with Gasteiger partial charge in [-0.2, -0.15) is 0 Å². The molecule has 0 saturated heterocycles. The summed E-state index contributed by atoms with van der Waals surface area (Å²) in [7, 11) is 0. The summed E-state index contributed by atoms with van der Waals surface area (Å²) >= 11 is 0. The quantitative estimate of drug-likeness (QED) is 0.845. The van der Waals surface area contributed by atoms with Gasteiger partial charge in [-0.15, -0.1) is 0 Å². The van der Waals surface area contributed by atoms with Gasteiger partial charge in [-0.3, -0.25) is 0 Å². The van der Waals surface area contributed by atoms with Crippen molar-refractivity contribution in [1.29, 1.82) is 0 Å². The van der Waals surface area contributed by atoms with Gasteiger partial charge in [0.25, 0.3) is 0 Å². The third-order valence-corrected chi connectivity index (χ3v) is 3.94. The summed E-state index contributed by atoms with van der Waals surface area (Å²) in [4.78, 5) is 11.5. The predicted molar refractivity (Wildman–Crippen MR) is 81.8 cm³/mol. The van der Waals surface area contributed by atoms with Gasteiger partial charge in [-0.1, -0.05) is 43.3 Å². The molecule has 108 valence electrons. The Labute approximate surface area is 124 Å². The maximum Gasteiger partial charge on any atom is 0.336 e. The summed E-state index contributed by atoms with van der Waals surface area (Å²) in [6.45, 7) is 3.30. The van der Waals surface area contributed by atoms with E-state index in [4.69, 9.17) is 4.74 Å². The fraction of sp³-hybridized carbons (Fsp3) is 0.278. The summed E-state index contributed by atoms with van der Waals surface area (Å²) in [6, 6.07) is 13.6. The molecule has 0 heterocycles. The van der Waals surface area contributed by atoms with E-state index in [9.17, 15) is 9.90 Å². The van der Waals surface area contributed by atoms with E-state index in [2.05, 4.69) is 19.1 Å². The minimum Gasteiger partial charge on any atom is -0.478 e. The first-order chi connectivity index (χ1) is 10.2. The summed E-state index contributed by atoms with van der Waals surface area (Å²) in [6.07, 6.45) is 0.960. The number of benzene rings is 2. The van der Waals surface area contributed by atoms with E-state index in [-0.39, 0.29) is 5.92 Å². The molecule has 1 aliphatic carbocycles. The smallest absolute Gasteiger partial charge is 0.336 e. The van der Waals surface area contributed by atoms with Crippen LogP contribution in [0.5, 0.6) is 0 Å². The minimum atomic E-state index is -0.875. The third kappa shape index (κ3) is 2.34. The molecule has 2 aromatic rings. The maximum atomic E-state index is 11.5. The summed E-state index contributed by atoms with van der Waals surface area (Å²) in [5.74, 6) is -0.866. The average Bonchev–Trinajstić information content (AvgIpc) is 2.82. The van der Waals surface area contributed by atoms with Gasteiger partial charge in [0.15, 0.2) is 0 Å². The molecule has 0 amide bonds. The molecule has 0 spiro atoms. The van der Waals surface area contributed by atoms with Crippen molar-refractivity contribution < 1.29 is 14.6 Å². The highest BCUT2D eigenvalue weighted by Crippen LogP contribution is 2.46. The normalized spacial score (nSPS) is 15.6. The van der Waals surface area contributed by atoms with Crippen LogP contribution in [0.25, 0.3) is 11.1 Å².